The molecule has 0 aliphatic rings. The second kappa shape index (κ2) is 8.48. The summed E-state index contributed by atoms with van der Waals surface area (Å²) >= 11 is 0. The van der Waals surface area contributed by atoms with E-state index in [2.05, 4.69) is 5.32 Å². The molecule has 0 saturated carbocycles. The highest BCUT2D eigenvalue weighted by molar-refractivity contribution is 7.86. The van der Waals surface area contributed by atoms with Gasteiger partial charge in [0.05, 0.1) is 0 Å². The molecular weight excluding hydrogens is 286 g/mol. The van der Waals surface area contributed by atoms with Gasteiger partial charge in [-0.15, -0.1) is 0 Å². The quantitative estimate of drug-likeness (QED) is 0.705. The van der Waals surface area contributed by atoms with Gasteiger partial charge >= 0.3 is 0 Å². The Hall–Kier alpha value is -0.950. The molecule has 0 amide bonds. The Morgan fingerprint density at radius 1 is 1.10 bits per heavy atom. The van der Waals surface area contributed by atoms with Crippen LogP contribution in [0.1, 0.15) is 24.5 Å². The fraction of sp³-hybridized carbons (Fsp3) is 0.600. The molecule has 21 heavy (non-hydrogen) atoms. The van der Waals surface area contributed by atoms with E-state index in [1.807, 2.05) is 38.1 Å². The van der Waals surface area contributed by atoms with Crippen molar-refractivity contribution < 1.29 is 8.42 Å². The molecule has 5 nitrogen and oxygen atoms in total. The summed E-state index contributed by atoms with van der Waals surface area (Å²) in [4.78, 5) is 0. The molecule has 1 rings (SSSR count). The van der Waals surface area contributed by atoms with Gasteiger partial charge in [0.15, 0.2) is 0 Å². The monoisotopic (exact) mass is 313 g/mol. The molecule has 1 N–H and O–H groups in total. The van der Waals surface area contributed by atoms with Crippen LogP contribution in [0.2, 0.25) is 0 Å². The van der Waals surface area contributed by atoms with Gasteiger partial charge in [0.2, 0.25) is 0 Å². The average Bonchev–Trinajstić information content (AvgIpc) is 2.45. The van der Waals surface area contributed by atoms with E-state index in [-0.39, 0.29) is 0 Å². The van der Waals surface area contributed by atoms with E-state index in [0.717, 1.165) is 25.1 Å². The summed E-state index contributed by atoms with van der Waals surface area (Å²) in [5.74, 6) is 0. The van der Waals surface area contributed by atoms with Crippen LogP contribution in [-0.2, 0) is 16.8 Å². The van der Waals surface area contributed by atoms with Crippen LogP contribution < -0.4 is 5.32 Å². The lowest BCUT2D eigenvalue weighted by Crippen LogP contribution is -2.40. The summed E-state index contributed by atoms with van der Waals surface area (Å²) in [6.45, 7) is 6.70. The fourth-order valence-electron chi connectivity index (χ4n) is 1.99. The number of hydrogen-bond donors (Lipinski definition) is 1. The Morgan fingerprint density at radius 3 is 2.29 bits per heavy atom. The summed E-state index contributed by atoms with van der Waals surface area (Å²) in [7, 11) is -0.143. The van der Waals surface area contributed by atoms with Crippen molar-refractivity contribution in [2.45, 2.75) is 26.8 Å². The molecule has 1 aromatic rings. The van der Waals surface area contributed by atoms with E-state index in [9.17, 15) is 8.42 Å². The van der Waals surface area contributed by atoms with Crippen molar-refractivity contribution in [2.24, 2.45) is 0 Å². The van der Waals surface area contributed by atoms with Gasteiger partial charge in [-0.05, 0) is 32.0 Å². The number of aryl methyl sites for hydroxylation is 1. The van der Waals surface area contributed by atoms with Gasteiger partial charge in [0, 0.05) is 27.2 Å². The van der Waals surface area contributed by atoms with Crippen LogP contribution in [0.3, 0.4) is 0 Å². The lowest BCUT2D eigenvalue weighted by atomic mass is 10.1. The number of hydrogen-bond acceptors (Lipinski definition) is 3. The fourth-order valence-corrected chi connectivity index (χ4v) is 3.14. The number of nitrogens with one attached hydrogen (secondary N) is 1. The molecule has 0 aromatic heterocycles. The Bertz CT molecular complexity index is 514. The van der Waals surface area contributed by atoms with Gasteiger partial charge in [0.25, 0.3) is 10.2 Å². The zero-order valence-corrected chi connectivity index (χ0v) is 14.3. The third-order valence-corrected chi connectivity index (χ3v) is 5.28. The molecule has 0 spiro atoms. The smallest absolute Gasteiger partial charge is 0.281 e. The maximum Gasteiger partial charge on any atom is 0.281 e. The lowest BCUT2D eigenvalue weighted by Gasteiger charge is -2.24. The first-order chi connectivity index (χ1) is 9.87. The zero-order chi connectivity index (χ0) is 15.9. The topological polar surface area (TPSA) is 52.7 Å². The summed E-state index contributed by atoms with van der Waals surface area (Å²) in [6, 6.07) is 7.92. The lowest BCUT2D eigenvalue weighted by molar-refractivity contribution is 0.384. The molecule has 120 valence electrons. The molecule has 1 aromatic carbocycles. The number of benzene rings is 1. The van der Waals surface area contributed by atoms with Crippen molar-refractivity contribution >= 4 is 10.2 Å². The van der Waals surface area contributed by atoms with Gasteiger partial charge < -0.3 is 5.32 Å². The van der Waals surface area contributed by atoms with Crippen LogP contribution in [0.25, 0.3) is 0 Å². The first-order valence-electron chi connectivity index (χ1n) is 7.31. The molecule has 0 fully saturated rings. The Balaban J connectivity index is 2.57. The minimum atomic E-state index is -3.40. The predicted octanol–water partition coefficient (Wildman–Crippen LogP) is 1.60. The largest absolute Gasteiger partial charge is 0.317 e. The van der Waals surface area contributed by atoms with Crippen LogP contribution in [0.5, 0.6) is 0 Å². The highest BCUT2D eigenvalue weighted by Crippen LogP contribution is 2.11. The van der Waals surface area contributed by atoms with E-state index in [4.69, 9.17) is 0 Å². The Morgan fingerprint density at radius 2 is 1.71 bits per heavy atom. The number of nitrogens with zero attached hydrogens (tertiary/aromatic N) is 2. The summed E-state index contributed by atoms with van der Waals surface area (Å²) < 4.78 is 27.6. The van der Waals surface area contributed by atoms with Crippen LogP contribution >= 0.6 is 0 Å². The first-order valence-corrected chi connectivity index (χ1v) is 8.71. The van der Waals surface area contributed by atoms with Crippen molar-refractivity contribution in [3.8, 4) is 0 Å². The minimum Gasteiger partial charge on any atom is -0.317 e. The average molecular weight is 313 g/mol. The van der Waals surface area contributed by atoms with E-state index < -0.39 is 10.2 Å². The van der Waals surface area contributed by atoms with Gasteiger partial charge in [-0.2, -0.15) is 17.0 Å². The molecule has 0 saturated heterocycles. The highest BCUT2D eigenvalue weighted by Gasteiger charge is 2.23. The predicted molar refractivity (Wildman–Crippen MR) is 87.4 cm³/mol. The second-order valence-corrected chi connectivity index (χ2v) is 7.42. The van der Waals surface area contributed by atoms with Crippen molar-refractivity contribution in [2.75, 3.05) is 33.7 Å². The molecule has 6 heteroatoms. The standard InChI is InChI=1S/C15H27N3O2S/c1-5-16-11-6-12-17(3)21(19,20)18(4)13-15-9-7-14(2)8-10-15/h7-10,16H,5-6,11-13H2,1-4H3. The maximum atomic E-state index is 12.4. The van der Waals surface area contributed by atoms with Crippen LogP contribution in [0.4, 0.5) is 0 Å². The van der Waals surface area contributed by atoms with Gasteiger partial charge in [-0.3, -0.25) is 0 Å². The maximum absolute atomic E-state index is 12.4. The van der Waals surface area contributed by atoms with Crippen molar-refractivity contribution in [3.63, 3.8) is 0 Å². The van der Waals surface area contributed by atoms with Gasteiger partial charge in [0.1, 0.15) is 0 Å². The van der Waals surface area contributed by atoms with Crippen LogP contribution in [0.15, 0.2) is 24.3 Å². The second-order valence-electron chi connectivity index (χ2n) is 5.28. The third kappa shape index (κ3) is 5.74. The van der Waals surface area contributed by atoms with E-state index in [1.54, 1.807) is 14.1 Å². The first kappa shape index (κ1) is 18.1. The highest BCUT2D eigenvalue weighted by atomic mass is 32.2. The van der Waals surface area contributed by atoms with E-state index in [1.165, 1.54) is 14.2 Å². The van der Waals surface area contributed by atoms with Crippen LogP contribution in [-0.4, -0.2) is 50.8 Å². The molecule has 0 aliphatic heterocycles. The summed E-state index contributed by atoms with van der Waals surface area (Å²) in [5.41, 5.74) is 2.16. The number of rotatable bonds is 9. The SMILES string of the molecule is CCNCCCN(C)S(=O)(=O)N(C)Cc1ccc(C)cc1. The summed E-state index contributed by atoms with van der Waals surface area (Å²) in [6.07, 6.45) is 0.807. The normalized spacial score (nSPS) is 12.3. The Kier molecular flexibility index (Phi) is 7.31. The Labute approximate surface area is 129 Å². The van der Waals surface area contributed by atoms with Gasteiger partial charge in [-0.1, -0.05) is 36.8 Å². The van der Waals surface area contributed by atoms with Crippen molar-refractivity contribution in [1.82, 2.24) is 13.9 Å². The molecule has 0 unspecified atom stereocenters. The zero-order valence-electron chi connectivity index (χ0n) is 13.5. The molecule has 0 heterocycles. The van der Waals surface area contributed by atoms with Crippen molar-refractivity contribution in [1.29, 1.82) is 0 Å². The minimum absolute atomic E-state index is 0.389. The third-order valence-electron chi connectivity index (χ3n) is 3.39. The molecular formula is C15H27N3O2S. The van der Waals surface area contributed by atoms with E-state index >= 15 is 0 Å². The molecule has 0 atom stereocenters. The summed E-state index contributed by atoms with van der Waals surface area (Å²) in [5, 5.41) is 3.19. The van der Waals surface area contributed by atoms with Crippen molar-refractivity contribution in [3.05, 3.63) is 35.4 Å². The van der Waals surface area contributed by atoms with E-state index in [0.29, 0.717) is 13.1 Å². The van der Waals surface area contributed by atoms with Gasteiger partial charge in [-0.25, -0.2) is 0 Å². The molecule has 0 aliphatic carbocycles. The van der Waals surface area contributed by atoms with Crippen LogP contribution in [0, 0.1) is 6.92 Å². The molecule has 0 bridgehead atoms. The molecule has 0 radical (unpaired) electrons.